The Morgan fingerprint density at radius 3 is 2.88 bits per heavy atom. The van der Waals surface area contributed by atoms with E-state index in [2.05, 4.69) is 30.4 Å². The normalized spacial score (nSPS) is 14.9. The molecule has 1 fully saturated rings. The quantitative estimate of drug-likeness (QED) is 0.775. The van der Waals surface area contributed by atoms with Crippen LogP contribution in [0.5, 0.6) is 0 Å². The molecule has 0 spiro atoms. The summed E-state index contributed by atoms with van der Waals surface area (Å²) in [4.78, 5) is 23.3. The fraction of sp³-hybridized carbons (Fsp3) is 0.353. The third-order valence-corrected chi connectivity index (χ3v) is 5.01. The van der Waals surface area contributed by atoms with Gasteiger partial charge in [0.05, 0.1) is 12.1 Å². The Morgan fingerprint density at radius 1 is 1.28 bits per heavy atom. The van der Waals surface area contributed by atoms with Gasteiger partial charge in [-0.25, -0.2) is 9.97 Å². The fourth-order valence-corrected chi connectivity index (χ4v) is 3.59. The van der Waals surface area contributed by atoms with Gasteiger partial charge in [0.1, 0.15) is 16.5 Å². The standard InChI is InChI=1S/C17H18N6OS/c1-11-21-22-17(25-11)13-5-4-12-9-18-15(8-14(12)19-13)20-16(24)10-23-6-2-3-7-23/h4-5,8-9H,2-3,6-7,10H2,1H3,(H,18,20,24). The molecule has 0 aromatic carbocycles. The Bertz CT molecular complexity index is 918. The van der Waals surface area contributed by atoms with Crippen molar-refractivity contribution in [1.82, 2.24) is 25.1 Å². The van der Waals surface area contributed by atoms with Crippen LogP contribution >= 0.6 is 11.3 Å². The molecule has 128 valence electrons. The number of anilines is 1. The summed E-state index contributed by atoms with van der Waals surface area (Å²) >= 11 is 1.51. The molecule has 4 rings (SSSR count). The molecular weight excluding hydrogens is 336 g/mol. The maximum absolute atomic E-state index is 12.2. The van der Waals surface area contributed by atoms with E-state index in [1.54, 1.807) is 12.3 Å². The number of hydrogen-bond acceptors (Lipinski definition) is 7. The molecule has 1 aliphatic heterocycles. The zero-order valence-electron chi connectivity index (χ0n) is 13.9. The third-order valence-electron chi connectivity index (χ3n) is 4.15. The lowest BCUT2D eigenvalue weighted by molar-refractivity contribution is -0.117. The van der Waals surface area contributed by atoms with Gasteiger partial charge in [-0.2, -0.15) is 0 Å². The first-order chi connectivity index (χ1) is 12.2. The minimum absolute atomic E-state index is 0.0374. The van der Waals surface area contributed by atoms with E-state index >= 15 is 0 Å². The SMILES string of the molecule is Cc1nnc(-c2ccc3cnc(NC(=O)CN4CCCC4)cc3n2)s1. The van der Waals surface area contributed by atoms with Crippen LogP contribution in [0.25, 0.3) is 21.6 Å². The molecule has 3 aromatic rings. The van der Waals surface area contributed by atoms with Crippen molar-refractivity contribution < 1.29 is 4.79 Å². The summed E-state index contributed by atoms with van der Waals surface area (Å²) in [5, 5.41) is 13.6. The van der Waals surface area contributed by atoms with Crippen LogP contribution in [0.2, 0.25) is 0 Å². The van der Waals surface area contributed by atoms with E-state index < -0.39 is 0 Å². The summed E-state index contributed by atoms with van der Waals surface area (Å²) < 4.78 is 0. The fourth-order valence-electron chi connectivity index (χ4n) is 2.93. The van der Waals surface area contributed by atoms with Gasteiger partial charge in [-0.1, -0.05) is 11.3 Å². The lowest BCUT2D eigenvalue weighted by Crippen LogP contribution is -2.31. The molecule has 1 amide bonds. The molecule has 0 unspecified atom stereocenters. The summed E-state index contributed by atoms with van der Waals surface area (Å²) in [7, 11) is 0. The highest BCUT2D eigenvalue weighted by Crippen LogP contribution is 2.24. The topological polar surface area (TPSA) is 83.9 Å². The highest BCUT2D eigenvalue weighted by Gasteiger charge is 2.15. The minimum atomic E-state index is -0.0374. The summed E-state index contributed by atoms with van der Waals surface area (Å²) in [6.45, 7) is 4.31. The molecular formula is C17H18N6OS. The highest BCUT2D eigenvalue weighted by atomic mass is 32.1. The van der Waals surface area contributed by atoms with E-state index in [1.165, 1.54) is 24.2 Å². The van der Waals surface area contributed by atoms with E-state index in [1.807, 2.05) is 19.1 Å². The van der Waals surface area contributed by atoms with Gasteiger partial charge in [-0.05, 0) is 45.0 Å². The lowest BCUT2D eigenvalue weighted by Gasteiger charge is -2.13. The van der Waals surface area contributed by atoms with Gasteiger partial charge in [-0.3, -0.25) is 9.69 Å². The number of rotatable bonds is 4. The van der Waals surface area contributed by atoms with Crippen molar-refractivity contribution >= 4 is 34.0 Å². The molecule has 1 N–H and O–H groups in total. The number of nitrogens with zero attached hydrogens (tertiary/aromatic N) is 5. The number of fused-ring (bicyclic) bond motifs is 1. The summed E-state index contributed by atoms with van der Waals surface area (Å²) in [6, 6.07) is 5.67. The van der Waals surface area contributed by atoms with Crippen molar-refractivity contribution in [3.8, 4) is 10.7 Å². The zero-order chi connectivity index (χ0) is 17.2. The van der Waals surface area contributed by atoms with Crippen LogP contribution in [0.1, 0.15) is 17.8 Å². The van der Waals surface area contributed by atoms with Crippen LogP contribution in [0.3, 0.4) is 0 Å². The summed E-state index contributed by atoms with van der Waals surface area (Å²) in [5.41, 5.74) is 1.55. The maximum atomic E-state index is 12.2. The van der Waals surface area contributed by atoms with Crippen molar-refractivity contribution in [2.75, 3.05) is 25.0 Å². The molecule has 0 bridgehead atoms. The monoisotopic (exact) mass is 354 g/mol. The number of hydrogen-bond donors (Lipinski definition) is 1. The number of carbonyl (C=O) groups is 1. The van der Waals surface area contributed by atoms with Crippen molar-refractivity contribution in [2.24, 2.45) is 0 Å². The van der Waals surface area contributed by atoms with Crippen LogP contribution in [0.4, 0.5) is 5.82 Å². The van der Waals surface area contributed by atoms with Crippen molar-refractivity contribution in [3.05, 3.63) is 29.4 Å². The van der Waals surface area contributed by atoms with Crippen molar-refractivity contribution in [2.45, 2.75) is 19.8 Å². The molecule has 3 aromatic heterocycles. The van der Waals surface area contributed by atoms with Crippen molar-refractivity contribution in [3.63, 3.8) is 0 Å². The molecule has 25 heavy (non-hydrogen) atoms. The second-order valence-corrected chi connectivity index (χ2v) is 7.30. The molecule has 1 aliphatic rings. The van der Waals surface area contributed by atoms with E-state index in [9.17, 15) is 4.79 Å². The Labute approximate surface area is 149 Å². The number of amides is 1. The Balaban J connectivity index is 1.54. The number of pyridine rings is 2. The maximum Gasteiger partial charge on any atom is 0.239 e. The number of aromatic nitrogens is 4. The number of aryl methyl sites for hydroxylation is 1. The van der Waals surface area contributed by atoms with Crippen LogP contribution in [0.15, 0.2) is 24.4 Å². The lowest BCUT2D eigenvalue weighted by atomic mass is 10.2. The van der Waals surface area contributed by atoms with Crippen LogP contribution in [-0.4, -0.2) is 50.6 Å². The van der Waals surface area contributed by atoms with E-state index in [0.717, 1.165) is 39.7 Å². The second kappa shape index (κ2) is 6.81. The van der Waals surface area contributed by atoms with E-state index in [4.69, 9.17) is 0 Å². The molecule has 0 atom stereocenters. The molecule has 8 heteroatoms. The van der Waals surface area contributed by atoms with Gasteiger partial charge in [0.15, 0.2) is 5.01 Å². The second-order valence-electron chi connectivity index (χ2n) is 6.12. The number of nitrogens with one attached hydrogen (secondary N) is 1. The first-order valence-electron chi connectivity index (χ1n) is 8.27. The number of carbonyl (C=O) groups excluding carboxylic acids is 1. The molecule has 1 saturated heterocycles. The molecule has 0 radical (unpaired) electrons. The largest absolute Gasteiger partial charge is 0.310 e. The van der Waals surface area contributed by atoms with Crippen molar-refractivity contribution in [1.29, 1.82) is 0 Å². The zero-order valence-corrected chi connectivity index (χ0v) is 14.7. The molecule has 4 heterocycles. The van der Waals surface area contributed by atoms with Gasteiger partial charge in [-0.15, -0.1) is 10.2 Å². The third kappa shape index (κ3) is 3.64. The van der Waals surface area contributed by atoms with Gasteiger partial charge in [0.25, 0.3) is 0 Å². The first-order valence-corrected chi connectivity index (χ1v) is 9.08. The predicted octanol–water partition coefficient (Wildman–Crippen LogP) is 2.49. The first kappa shape index (κ1) is 16.0. The smallest absolute Gasteiger partial charge is 0.239 e. The van der Waals surface area contributed by atoms with Crippen LogP contribution in [0, 0.1) is 6.92 Å². The summed E-state index contributed by atoms with van der Waals surface area (Å²) in [6.07, 6.45) is 4.06. The molecule has 7 nitrogen and oxygen atoms in total. The Hall–Kier alpha value is -2.45. The average molecular weight is 354 g/mol. The van der Waals surface area contributed by atoms with E-state index in [-0.39, 0.29) is 5.91 Å². The minimum Gasteiger partial charge on any atom is -0.310 e. The van der Waals surface area contributed by atoms with Gasteiger partial charge in [0.2, 0.25) is 5.91 Å². The molecule has 0 aliphatic carbocycles. The van der Waals surface area contributed by atoms with Crippen LogP contribution in [-0.2, 0) is 4.79 Å². The predicted molar refractivity (Wildman–Crippen MR) is 97.5 cm³/mol. The number of likely N-dealkylation sites (tertiary alicyclic amines) is 1. The van der Waals surface area contributed by atoms with Gasteiger partial charge >= 0.3 is 0 Å². The Kier molecular flexibility index (Phi) is 4.37. The highest BCUT2D eigenvalue weighted by molar-refractivity contribution is 7.14. The van der Waals surface area contributed by atoms with Crippen LogP contribution < -0.4 is 5.32 Å². The molecule has 0 saturated carbocycles. The van der Waals surface area contributed by atoms with E-state index in [0.29, 0.717) is 12.4 Å². The van der Waals surface area contributed by atoms with Gasteiger partial charge in [0, 0.05) is 17.6 Å². The summed E-state index contributed by atoms with van der Waals surface area (Å²) in [5.74, 6) is 0.486. The Morgan fingerprint density at radius 2 is 2.12 bits per heavy atom. The van der Waals surface area contributed by atoms with Gasteiger partial charge < -0.3 is 5.32 Å². The average Bonchev–Trinajstić information content (AvgIpc) is 3.26.